The number of hydrogen-bond acceptors (Lipinski definition) is 7. The Morgan fingerprint density at radius 3 is 3.00 bits per heavy atom. The van der Waals surface area contributed by atoms with Crippen molar-refractivity contribution in [2.45, 2.75) is 48.6 Å². The maximum absolute atomic E-state index is 5.58. The fourth-order valence-electron chi connectivity index (χ4n) is 2.25. The lowest BCUT2D eigenvalue weighted by molar-refractivity contribution is 0.423. The largest absolute Gasteiger partial charge is 0.325 e. The normalized spacial score (nSPS) is 16.1. The first-order valence-corrected chi connectivity index (χ1v) is 7.16. The summed E-state index contributed by atoms with van der Waals surface area (Å²) in [5.41, 5.74) is 6.39. The average molecular weight is 277 g/mol. The van der Waals surface area contributed by atoms with Crippen molar-refractivity contribution in [2.75, 3.05) is 0 Å². The van der Waals surface area contributed by atoms with E-state index in [1.807, 2.05) is 10.7 Å². The van der Waals surface area contributed by atoms with E-state index in [1.165, 1.54) is 24.6 Å². The number of rotatable bonds is 4. The van der Waals surface area contributed by atoms with Crippen LogP contribution in [0.1, 0.15) is 37.4 Å². The minimum absolute atomic E-state index is 0.406. The van der Waals surface area contributed by atoms with Gasteiger partial charge in [0.1, 0.15) is 0 Å². The molecule has 0 aliphatic heterocycles. The Hall–Kier alpha value is -1.54. The van der Waals surface area contributed by atoms with Gasteiger partial charge in [0, 0.05) is 12.7 Å². The van der Waals surface area contributed by atoms with Crippen molar-refractivity contribution in [3.8, 4) is 0 Å². The zero-order valence-corrected chi connectivity index (χ0v) is 11.3. The van der Waals surface area contributed by atoms with E-state index in [0.717, 1.165) is 23.7 Å². The van der Waals surface area contributed by atoms with Crippen LogP contribution in [0.25, 0.3) is 0 Å². The molecule has 1 saturated carbocycles. The summed E-state index contributed by atoms with van der Waals surface area (Å²) in [6.07, 6.45) is 6.48. The lowest BCUT2D eigenvalue weighted by Crippen LogP contribution is -2.08. The molecule has 2 aromatic rings. The SMILES string of the molecule is NCc1ccnc(Sc2nnnn2C2CCCC2)n1. The average Bonchev–Trinajstić information content (AvgIpc) is 3.09. The van der Waals surface area contributed by atoms with E-state index in [0.29, 0.717) is 17.7 Å². The van der Waals surface area contributed by atoms with Crippen molar-refractivity contribution >= 4 is 11.8 Å². The summed E-state index contributed by atoms with van der Waals surface area (Å²) in [7, 11) is 0. The van der Waals surface area contributed by atoms with E-state index in [-0.39, 0.29) is 0 Å². The molecule has 1 fully saturated rings. The Morgan fingerprint density at radius 1 is 1.37 bits per heavy atom. The molecule has 0 amide bonds. The van der Waals surface area contributed by atoms with Crippen LogP contribution in [0.2, 0.25) is 0 Å². The van der Waals surface area contributed by atoms with Crippen LogP contribution in [0, 0.1) is 0 Å². The molecule has 1 aliphatic rings. The van der Waals surface area contributed by atoms with Crippen molar-refractivity contribution < 1.29 is 0 Å². The summed E-state index contributed by atoms with van der Waals surface area (Å²) in [6, 6.07) is 2.22. The first-order chi connectivity index (χ1) is 9.36. The third-order valence-corrected chi connectivity index (χ3v) is 4.05. The quantitative estimate of drug-likeness (QED) is 0.838. The predicted octanol–water partition coefficient (Wildman–Crippen LogP) is 1.19. The molecule has 2 heterocycles. The zero-order chi connectivity index (χ0) is 13.1. The van der Waals surface area contributed by atoms with Crippen molar-refractivity contribution in [1.29, 1.82) is 0 Å². The van der Waals surface area contributed by atoms with E-state index in [4.69, 9.17) is 5.73 Å². The smallest absolute Gasteiger partial charge is 0.217 e. The van der Waals surface area contributed by atoms with Crippen molar-refractivity contribution in [1.82, 2.24) is 30.2 Å². The maximum atomic E-state index is 5.58. The van der Waals surface area contributed by atoms with Crippen molar-refractivity contribution in [3.63, 3.8) is 0 Å². The lowest BCUT2D eigenvalue weighted by atomic mass is 10.3. The van der Waals surface area contributed by atoms with E-state index in [9.17, 15) is 0 Å². The van der Waals surface area contributed by atoms with Crippen LogP contribution in [0.15, 0.2) is 22.6 Å². The van der Waals surface area contributed by atoms with Gasteiger partial charge < -0.3 is 5.73 Å². The second-order valence-corrected chi connectivity index (χ2v) is 5.42. The highest BCUT2D eigenvalue weighted by atomic mass is 32.2. The Morgan fingerprint density at radius 2 is 2.21 bits per heavy atom. The van der Waals surface area contributed by atoms with Gasteiger partial charge in [-0.2, -0.15) is 0 Å². The number of nitrogens with two attached hydrogens (primary N) is 1. The Bertz CT molecular complexity index is 549. The van der Waals surface area contributed by atoms with Gasteiger partial charge in [-0.15, -0.1) is 5.10 Å². The summed E-state index contributed by atoms with van der Waals surface area (Å²) in [6.45, 7) is 0.406. The highest BCUT2D eigenvalue weighted by Crippen LogP contribution is 2.32. The molecule has 0 saturated heterocycles. The van der Waals surface area contributed by atoms with E-state index < -0.39 is 0 Å². The molecule has 8 heteroatoms. The van der Waals surface area contributed by atoms with Gasteiger partial charge in [-0.25, -0.2) is 14.6 Å². The lowest BCUT2D eigenvalue weighted by Gasteiger charge is -2.10. The van der Waals surface area contributed by atoms with Crippen LogP contribution in [0.4, 0.5) is 0 Å². The van der Waals surface area contributed by atoms with E-state index in [1.54, 1.807) is 6.20 Å². The minimum Gasteiger partial charge on any atom is -0.325 e. The molecule has 0 radical (unpaired) electrons. The fraction of sp³-hybridized carbons (Fsp3) is 0.545. The van der Waals surface area contributed by atoms with Gasteiger partial charge in [0.25, 0.3) is 0 Å². The molecule has 1 aliphatic carbocycles. The van der Waals surface area contributed by atoms with E-state index >= 15 is 0 Å². The highest BCUT2D eigenvalue weighted by Gasteiger charge is 2.22. The molecule has 7 nitrogen and oxygen atoms in total. The van der Waals surface area contributed by atoms with Gasteiger partial charge in [0.05, 0.1) is 11.7 Å². The standard InChI is InChI=1S/C11H15N7S/c12-7-8-5-6-13-10(14-8)19-11-15-16-17-18(11)9-3-1-2-4-9/h5-6,9H,1-4,7,12H2. The summed E-state index contributed by atoms with van der Waals surface area (Å²) >= 11 is 1.39. The van der Waals surface area contributed by atoms with E-state index in [2.05, 4.69) is 25.5 Å². The summed E-state index contributed by atoms with van der Waals surface area (Å²) in [5, 5.41) is 13.3. The number of hydrogen-bond donors (Lipinski definition) is 1. The molecule has 0 spiro atoms. The summed E-state index contributed by atoms with van der Waals surface area (Å²) < 4.78 is 1.90. The van der Waals surface area contributed by atoms with Crippen LogP contribution in [0.3, 0.4) is 0 Å². The molecule has 0 aromatic carbocycles. The fourth-order valence-corrected chi connectivity index (χ4v) is 3.05. The first-order valence-electron chi connectivity index (χ1n) is 6.34. The number of tetrazole rings is 1. The molecule has 0 atom stereocenters. The number of nitrogens with zero attached hydrogens (tertiary/aromatic N) is 6. The van der Waals surface area contributed by atoms with Gasteiger partial charge in [-0.1, -0.05) is 12.8 Å². The molecule has 0 bridgehead atoms. The molecule has 19 heavy (non-hydrogen) atoms. The molecular weight excluding hydrogens is 262 g/mol. The van der Waals surface area contributed by atoms with Crippen LogP contribution in [-0.4, -0.2) is 30.2 Å². The van der Waals surface area contributed by atoms with Crippen LogP contribution >= 0.6 is 11.8 Å². The third kappa shape index (κ3) is 2.74. The minimum atomic E-state index is 0.406. The monoisotopic (exact) mass is 277 g/mol. The Labute approximate surface area is 115 Å². The summed E-state index contributed by atoms with van der Waals surface area (Å²) in [5.74, 6) is 0. The molecule has 2 N–H and O–H groups in total. The van der Waals surface area contributed by atoms with Gasteiger partial charge in [0.15, 0.2) is 5.16 Å². The molecule has 3 rings (SSSR count). The second kappa shape index (κ2) is 5.62. The zero-order valence-electron chi connectivity index (χ0n) is 10.4. The Balaban J connectivity index is 1.81. The molecule has 2 aromatic heterocycles. The van der Waals surface area contributed by atoms with Gasteiger partial charge in [-0.3, -0.25) is 0 Å². The maximum Gasteiger partial charge on any atom is 0.217 e. The molecular formula is C11H15N7S. The Kier molecular flexibility index (Phi) is 3.69. The van der Waals surface area contributed by atoms with Crippen LogP contribution in [0.5, 0.6) is 0 Å². The summed E-state index contributed by atoms with van der Waals surface area (Å²) in [4.78, 5) is 8.57. The van der Waals surface area contributed by atoms with Gasteiger partial charge in [-0.05, 0) is 41.1 Å². The van der Waals surface area contributed by atoms with Crippen molar-refractivity contribution in [2.24, 2.45) is 5.73 Å². The van der Waals surface area contributed by atoms with Crippen LogP contribution < -0.4 is 5.73 Å². The number of aromatic nitrogens is 6. The second-order valence-electron chi connectivity index (χ2n) is 4.48. The predicted molar refractivity (Wildman–Crippen MR) is 69.4 cm³/mol. The third-order valence-electron chi connectivity index (χ3n) is 3.22. The molecule has 100 valence electrons. The van der Waals surface area contributed by atoms with Crippen molar-refractivity contribution in [3.05, 3.63) is 18.0 Å². The molecule has 0 unspecified atom stereocenters. The van der Waals surface area contributed by atoms with Gasteiger partial charge >= 0.3 is 0 Å². The topological polar surface area (TPSA) is 95.4 Å². The van der Waals surface area contributed by atoms with Crippen LogP contribution in [-0.2, 0) is 6.54 Å². The highest BCUT2D eigenvalue weighted by molar-refractivity contribution is 7.99. The first kappa shape index (κ1) is 12.5. The van der Waals surface area contributed by atoms with Gasteiger partial charge in [0.2, 0.25) is 5.16 Å².